The van der Waals surface area contributed by atoms with Crippen LogP contribution < -0.4 is 4.74 Å². The van der Waals surface area contributed by atoms with Crippen molar-refractivity contribution in [2.75, 3.05) is 7.11 Å². The van der Waals surface area contributed by atoms with E-state index in [-0.39, 0.29) is 5.82 Å². The number of hydrogen-bond acceptors (Lipinski definition) is 1. The molecule has 0 saturated carbocycles. The second-order valence-corrected chi connectivity index (χ2v) is 4.45. The molecule has 2 aromatic carbocycles. The van der Waals surface area contributed by atoms with Crippen LogP contribution in [0, 0.1) is 18.8 Å². The van der Waals surface area contributed by atoms with Crippen LogP contribution in [-0.4, -0.2) is 12.1 Å². The van der Waals surface area contributed by atoms with Crippen molar-refractivity contribution >= 4 is 10.9 Å². The number of H-pyrrole nitrogens is 1. The predicted octanol–water partition coefficient (Wildman–Crippen LogP) is 4.09. The molecule has 0 spiro atoms. The number of aromatic amines is 1. The first-order valence-corrected chi connectivity index (χ1v) is 6.03. The summed E-state index contributed by atoms with van der Waals surface area (Å²) in [4.78, 5) is 3.29. The molecule has 1 radical (unpaired) electrons. The van der Waals surface area contributed by atoms with Gasteiger partial charge in [0.25, 0.3) is 0 Å². The number of fused-ring (bicyclic) bond motifs is 1. The van der Waals surface area contributed by atoms with E-state index in [1.54, 1.807) is 19.2 Å². The summed E-state index contributed by atoms with van der Waals surface area (Å²) in [5.74, 6) is 0.603. The zero-order valence-corrected chi connectivity index (χ0v) is 10.8. The largest absolute Gasteiger partial charge is 0.496 e. The molecule has 0 saturated heterocycles. The lowest BCUT2D eigenvalue weighted by molar-refractivity contribution is 0.412. The Balaban J connectivity index is 2.16. The number of rotatable bonds is 2. The minimum atomic E-state index is -0.238. The summed E-state index contributed by atoms with van der Waals surface area (Å²) < 4.78 is 18.2. The number of aryl methyl sites for hydroxylation is 1. The molecular formula is C16H13FNO. The van der Waals surface area contributed by atoms with Gasteiger partial charge in [-0.25, -0.2) is 4.39 Å². The van der Waals surface area contributed by atoms with Gasteiger partial charge in [-0.05, 0) is 48.9 Å². The fourth-order valence-electron chi connectivity index (χ4n) is 2.23. The Bertz CT molecular complexity index is 728. The van der Waals surface area contributed by atoms with Crippen molar-refractivity contribution in [2.24, 2.45) is 0 Å². The highest BCUT2D eigenvalue weighted by Gasteiger charge is 2.09. The van der Waals surface area contributed by atoms with E-state index in [9.17, 15) is 4.39 Å². The lowest BCUT2D eigenvalue weighted by Crippen LogP contribution is -1.86. The quantitative estimate of drug-likeness (QED) is 0.732. The molecule has 0 bridgehead atoms. The van der Waals surface area contributed by atoms with E-state index >= 15 is 0 Å². The molecule has 0 fully saturated rings. The molecular weight excluding hydrogens is 241 g/mol. The van der Waals surface area contributed by atoms with Gasteiger partial charge in [-0.15, -0.1) is 0 Å². The monoisotopic (exact) mass is 254 g/mol. The second-order valence-electron chi connectivity index (χ2n) is 4.45. The molecule has 1 aromatic heterocycles. The van der Waals surface area contributed by atoms with Crippen molar-refractivity contribution in [1.29, 1.82) is 0 Å². The normalized spacial score (nSPS) is 10.9. The average Bonchev–Trinajstić information content (AvgIpc) is 2.85. The van der Waals surface area contributed by atoms with Gasteiger partial charge in [0.2, 0.25) is 0 Å². The van der Waals surface area contributed by atoms with Gasteiger partial charge in [0.05, 0.1) is 12.8 Å². The predicted molar refractivity (Wildman–Crippen MR) is 73.8 cm³/mol. The molecule has 0 aliphatic rings. The highest BCUT2D eigenvalue weighted by molar-refractivity contribution is 5.89. The number of halogens is 1. The smallest absolute Gasteiger partial charge is 0.123 e. The number of aromatic nitrogens is 1. The molecule has 3 aromatic rings. The van der Waals surface area contributed by atoms with Gasteiger partial charge < -0.3 is 9.72 Å². The van der Waals surface area contributed by atoms with Crippen molar-refractivity contribution in [1.82, 2.24) is 4.98 Å². The lowest BCUT2D eigenvalue weighted by atomic mass is 10.1. The van der Waals surface area contributed by atoms with E-state index in [2.05, 4.69) is 11.1 Å². The molecule has 95 valence electrons. The molecule has 1 heterocycles. The average molecular weight is 254 g/mol. The third-order valence-corrected chi connectivity index (χ3v) is 3.28. The first-order valence-electron chi connectivity index (χ1n) is 6.03. The molecule has 19 heavy (non-hydrogen) atoms. The van der Waals surface area contributed by atoms with Crippen LogP contribution in [-0.2, 0) is 0 Å². The molecule has 0 atom stereocenters. The highest BCUT2D eigenvalue weighted by atomic mass is 19.1. The van der Waals surface area contributed by atoms with Crippen LogP contribution in [0.3, 0.4) is 0 Å². The van der Waals surface area contributed by atoms with Crippen molar-refractivity contribution in [3.05, 3.63) is 53.8 Å². The van der Waals surface area contributed by atoms with Crippen LogP contribution >= 0.6 is 0 Å². The van der Waals surface area contributed by atoms with Gasteiger partial charge in [-0.2, -0.15) is 0 Å². The SMILES string of the molecule is COc1ccc2[nH]c(-c3ccc(F)cc3)[c]c2c1C. The van der Waals surface area contributed by atoms with Crippen molar-refractivity contribution in [3.8, 4) is 17.0 Å². The number of hydrogen-bond donors (Lipinski definition) is 1. The van der Waals surface area contributed by atoms with E-state index < -0.39 is 0 Å². The van der Waals surface area contributed by atoms with Crippen molar-refractivity contribution in [2.45, 2.75) is 6.92 Å². The first kappa shape index (κ1) is 11.8. The van der Waals surface area contributed by atoms with E-state index in [0.717, 1.165) is 33.5 Å². The number of benzene rings is 2. The van der Waals surface area contributed by atoms with Gasteiger partial charge in [0.15, 0.2) is 0 Å². The van der Waals surface area contributed by atoms with E-state index in [0.29, 0.717) is 0 Å². The summed E-state index contributed by atoms with van der Waals surface area (Å²) in [6.07, 6.45) is 0. The summed E-state index contributed by atoms with van der Waals surface area (Å²) in [6.45, 7) is 2.00. The number of nitrogens with one attached hydrogen (secondary N) is 1. The van der Waals surface area contributed by atoms with Gasteiger partial charge in [0.1, 0.15) is 11.6 Å². The van der Waals surface area contributed by atoms with Gasteiger partial charge in [-0.1, -0.05) is 0 Å². The van der Waals surface area contributed by atoms with Crippen molar-refractivity contribution in [3.63, 3.8) is 0 Å². The van der Waals surface area contributed by atoms with Gasteiger partial charge >= 0.3 is 0 Å². The zero-order valence-electron chi connectivity index (χ0n) is 10.8. The first-order chi connectivity index (χ1) is 9.19. The molecule has 0 aliphatic carbocycles. The summed E-state index contributed by atoms with van der Waals surface area (Å²) in [6, 6.07) is 13.6. The molecule has 2 nitrogen and oxygen atoms in total. The van der Waals surface area contributed by atoms with Crippen LogP contribution in [0.5, 0.6) is 5.75 Å². The Morgan fingerprint density at radius 1 is 1.11 bits per heavy atom. The fraction of sp³-hybridized carbons (Fsp3) is 0.125. The fourth-order valence-corrected chi connectivity index (χ4v) is 2.23. The second kappa shape index (κ2) is 4.43. The van der Waals surface area contributed by atoms with Crippen LogP contribution in [0.2, 0.25) is 0 Å². The lowest BCUT2D eigenvalue weighted by Gasteiger charge is -2.03. The Hall–Kier alpha value is -2.29. The molecule has 0 amide bonds. The number of methoxy groups -OCH3 is 1. The van der Waals surface area contributed by atoms with Crippen LogP contribution in [0.25, 0.3) is 22.2 Å². The topological polar surface area (TPSA) is 25.0 Å². The molecule has 3 rings (SSSR count). The van der Waals surface area contributed by atoms with Gasteiger partial charge in [-0.3, -0.25) is 0 Å². The van der Waals surface area contributed by atoms with Crippen molar-refractivity contribution < 1.29 is 9.13 Å². The standard InChI is InChI=1S/C16H13FNO/c1-10-13-9-15(11-3-5-12(17)6-4-11)18-14(13)7-8-16(10)19-2/h3-8,18H,1-2H3. The Morgan fingerprint density at radius 3 is 2.53 bits per heavy atom. The van der Waals surface area contributed by atoms with Crippen LogP contribution in [0.15, 0.2) is 36.4 Å². The minimum absolute atomic E-state index is 0.238. The third kappa shape index (κ3) is 1.97. The molecule has 1 N–H and O–H groups in total. The van der Waals surface area contributed by atoms with E-state index in [1.807, 2.05) is 19.1 Å². The van der Waals surface area contributed by atoms with E-state index in [4.69, 9.17) is 4.74 Å². The maximum Gasteiger partial charge on any atom is 0.123 e. The Labute approximate surface area is 110 Å². The summed E-state index contributed by atoms with van der Waals surface area (Å²) in [5.41, 5.74) is 3.81. The molecule has 3 heteroatoms. The highest BCUT2D eigenvalue weighted by Crippen LogP contribution is 2.30. The molecule has 0 aliphatic heterocycles. The van der Waals surface area contributed by atoms with Gasteiger partial charge in [0, 0.05) is 22.5 Å². The van der Waals surface area contributed by atoms with E-state index in [1.165, 1.54) is 12.1 Å². The summed E-state index contributed by atoms with van der Waals surface area (Å²) in [7, 11) is 1.65. The third-order valence-electron chi connectivity index (χ3n) is 3.28. The summed E-state index contributed by atoms with van der Waals surface area (Å²) >= 11 is 0. The minimum Gasteiger partial charge on any atom is -0.496 e. The number of ether oxygens (including phenoxy) is 1. The Morgan fingerprint density at radius 2 is 1.84 bits per heavy atom. The maximum absolute atomic E-state index is 12.9. The molecule has 0 unspecified atom stereocenters. The Kier molecular flexibility index (Phi) is 2.75. The zero-order chi connectivity index (χ0) is 13.4. The van der Waals surface area contributed by atoms with Crippen LogP contribution in [0.1, 0.15) is 5.56 Å². The summed E-state index contributed by atoms with van der Waals surface area (Å²) in [5, 5.41) is 0.999. The van der Waals surface area contributed by atoms with Crippen LogP contribution in [0.4, 0.5) is 4.39 Å². The maximum atomic E-state index is 12.9.